The predicted octanol–water partition coefficient (Wildman–Crippen LogP) is 1.78. The second kappa shape index (κ2) is 7.43. The van der Waals surface area contributed by atoms with Gasteiger partial charge in [0.2, 0.25) is 0 Å². The van der Waals surface area contributed by atoms with Crippen LogP contribution in [0.5, 0.6) is 0 Å². The van der Waals surface area contributed by atoms with Crippen molar-refractivity contribution in [3.63, 3.8) is 0 Å². The second-order valence-corrected chi connectivity index (χ2v) is 5.53. The normalized spacial score (nSPS) is 17.2. The number of aliphatic hydroxyl groups excluding tert-OH is 1. The number of piperidine rings is 1. The number of aryl methyl sites for hydroxylation is 1. The van der Waals surface area contributed by atoms with Gasteiger partial charge in [-0.05, 0) is 38.5 Å². The van der Waals surface area contributed by atoms with E-state index in [9.17, 15) is 9.90 Å². The van der Waals surface area contributed by atoms with Crippen LogP contribution in [-0.2, 0) is 6.54 Å². The molecule has 0 amide bonds. The Morgan fingerprint density at radius 3 is 2.75 bits per heavy atom. The molecular formula is C15H25N3O2. The van der Waals surface area contributed by atoms with Crippen LogP contribution >= 0.6 is 0 Å². The van der Waals surface area contributed by atoms with Crippen LogP contribution in [0.3, 0.4) is 0 Å². The van der Waals surface area contributed by atoms with Gasteiger partial charge < -0.3 is 10.0 Å². The monoisotopic (exact) mass is 279 g/mol. The zero-order chi connectivity index (χ0) is 14.4. The van der Waals surface area contributed by atoms with Crippen LogP contribution in [-0.4, -0.2) is 34.1 Å². The van der Waals surface area contributed by atoms with Gasteiger partial charge in [-0.15, -0.1) is 0 Å². The van der Waals surface area contributed by atoms with E-state index in [1.807, 2.05) is 6.92 Å². The maximum atomic E-state index is 12.0. The lowest BCUT2D eigenvalue weighted by Gasteiger charge is -2.28. The van der Waals surface area contributed by atoms with Gasteiger partial charge in [0.1, 0.15) is 0 Å². The molecule has 5 nitrogen and oxygen atoms in total. The minimum absolute atomic E-state index is 0.0425. The molecule has 0 spiro atoms. The van der Waals surface area contributed by atoms with E-state index in [1.54, 1.807) is 12.3 Å². The highest BCUT2D eigenvalue weighted by atomic mass is 16.3. The molecule has 112 valence electrons. The molecule has 1 aliphatic heterocycles. The summed E-state index contributed by atoms with van der Waals surface area (Å²) in [6.45, 7) is 4.58. The SMILES string of the molecule is CCC(O)CCCn1ncc(N2CCCCC2)cc1=O. The number of hydrogen-bond donors (Lipinski definition) is 1. The van der Waals surface area contributed by atoms with Crippen molar-refractivity contribution in [3.05, 3.63) is 22.6 Å². The fourth-order valence-corrected chi connectivity index (χ4v) is 2.60. The highest BCUT2D eigenvalue weighted by molar-refractivity contribution is 5.43. The summed E-state index contributed by atoms with van der Waals surface area (Å²) >= 11 is 0. The summed E-state index contributed by atoms with van der Waals surface area (Å²) in [7, 11) is 0. The van der Waals surface area contributed by atoms with Crippen LogP contribution in [0, 0.1) is 0 Å². The highest BCUT2D eigenvalue weighted by Gasteiger charge is 2.12. The molecule has 1 aromatic heterocycles. The van der Waals surface area contributed by atoms with Crippen LogP contribution in [0.1, 0.15) is 45.4 Å². The van der Waals surface area contributed by atoms with Crippen LogP contribution in [0.4, 0.5) is 5.69 Å². The van der Waals surface area contributed by atoms with Crippen molar-refractivity contribution in [2.24, 2.45) is 0 Å². The fraction of sp³-hybridized carbons (Fsp3) is 0.733. The molecule has 5 heteroatoms. The Balaban J connectivity index is 1.93. The molecule has 0 radical (unpaired) electrons. The number of hydrogen-bond acceptors (Lipinski definition) is 4. The van der Waals surface area contributed by atoms with E-state index in [-0.39, 0.29) is 11.7 Å². The van der Waals surface area contributed by atoms with Gasteiger partial charge in [0.05, 0.1) is 18.0 Å². The molecular weight excluding hydrogens is 254 g/mol. The molecule has 1 aromatic rings. The Kier molecular flexibility index (Phi) is 5.59. The van der Waals surface area contributed by atoms with Gasteiger partial charge >= 0.3 is 0 Å². The third-order valence-electron chi connectivity index (χ3n) is 3.95. The lowest BCUT2D eigenvalue weighted by atomic mass is 10.1. The first kappa shape index (κ1) is 15.0. The predicted molar refractivity (Wildman–Crippen MR) is 80.1 cm³/mol. The minimum atomic E-state index is -0.265. The van der Waals surface area contributed by atoms with E-state index in [0.717, 1.165) is 38.0 Å². The van der Waals surface area contributed by atoms with Crippen molar-refractivity contribution in [2.75, 3.05) is 18.0 Å². The summed E-state index contributed by atoms with van der Waals surface area (Å²) in [6.07, 6.45) is 7.46. The van der Waals surface area contributed by atoms with Crippen LogP contribution in [0.2, 0.25) is 0 Å². The summed E-state index contributed by atoms with van der Waals surface area (Å²) in [5.41, 5.74) is 0.901. The lowest BCUT2D eigenvalue weighted by molar-refractivity contribution is 0.155. The standard InChI is InChI=1S/C15H25N3O2/c1-2-14(19)7-6-10-18-15(20)11-13(12-16-18)17-8-4-3-5-9-17/h11-12,14,19H,2-10H2,1H3. The summed E-state index contributed by atoms with van der Waals surface area (Å²) in [5.74, 6) is 0. The van der Waals surface area contributed by atoms with Crippen LogP contribution in [0.15, 0.2) is 17.1 Å². The van der Waals surface area contributed by atoms with Crippen molar-refractivity contribution in [1.29, 1.82) is 0 Å². The van der Waals surface area contributed by atoms with E-state index in [4.69, 9.17) is 0 Å². The van der Waals surface area contributed by atoms with Crippen molar-refractivity contribution >= 4 is 5.69 Å². The number of rotatable bonds is 6. The second-order valence-electron chi connectivity index (χ2n) is 5.53. The van der Waals surface area contributed by atoms with E-state index < -0.39 is 0 Å². The first-order valence-corrected chi connectivity index (χ1v) is 7.71. The van der Waals surface area contributed by atoms with Gasteiger partial charge in [0.15, 0.2) is 0 Å². The summed E-state index contributed by atoms with van der Waals surface area (Å²) in [6, 6.07) is 1.69. The Labute approximate surface area is 120 Å². The fourth-order valence-electron chi connectivity index (χ4n) is 2.60. The molecule has 2 rings (SSSR count). The Hall–Kier alpha value is -1.36. The van der Waals surface area contributed by atoms with Crippen molar-refractivity contribution in [1.82, 2.24) is 9.78 Å². The van der Waals surface area contributed by atoms with E-state index in [0.29, 0.717) is 6.54 Å². The van der Waals surface area contributed by atoms with Gasteiger partial charge in [-0.3, -0.25) is 4.79 Å². The summed E-state index contributed by atoms with van der Waals surface area (Å²) < 4.78 is 1.50. The molecule has 0 aromatic carbocycles. The molecule has 1 fully saturated rings. The minimum Gasteiger partial charge on any atom is -0.393 e. The van der Waals surface area contributed by atoms with Gasteiger partial charge in [-0.25, -0.2) is 4.68 Å². The Bertz CT molecular complexity index is 466. The molecule has 20 heavy (non-hydrogen) atoms. The largest absolute Gasteiger partial charge is 0.393 e. The zero-order valence-corrected chi connectivity index (χ0v) is 12.3. The third-order valence-corrected chi connectivity index (χ3v) is 3.95. The molecule has 0 bridgehead atoms. The number of anilines is 1. The molecule has 2 heterocycles. The van der Waals surface area contributed by atoms with Crippen LogP contribution in [0.25, 0.3) is 0 Å². The topological polar surface area (TPSA) is 58.4 Å². The highest BCUT2D eigenvalue weighted by Crippen LogP contribution is 2.16. The molecule has 1 atom stereocenters. The van der Waals surface area contributed by atoms with Gasteiger partial charge in [-0.2, -0.15) is 5.10 Å². The van der Waals surface area contributed by atoms with Crippen molar-refractivity contribution in [2.45, 2.75) is 58.1 Å². The lowest BCUT2D eigenvalue weighted by Crippen LogP contribution is -2.32. The van der Waals surface area contributed by atoms with E-state index in [1.165, 1.54) is 23.9 Å². The van der Waals surface area contributed by atoms with Crippen molar-refractivity contribution < 1.29 is 5.11 Å². The molecule has 0 saturated carbocycles. The number of aliphatic hydroxyl groups is 1. The van der Waals surface area contributed by atoms with E-state index >= 15 is 0 Å². The maximum Gasteiger partial charge on any atom is 0.268 e. The van der Waals surface area contributed by atoms with Gasteiger partial charge in [0, 0.05) is 25.7 Å². The number of nitrogens with zero attached hydrogens (tertiary/aromatic N) is 3. The smallest absolute Gasteiger partial charge is 0.268 e. The number of aromatic nitrogens is 2. The average molecular weight is 279 g/mol. The maximum absolute atomic E-state index is 12.0. The van der Waals surface area contributed by atoms with Gasteiger partial charge in [0.25, 0.3) is 5.56 Å². The zero-order valence-electron chi connectivity index (χ0n) is 12.3. The van der Waals surface area contributed by atoms with E-state index in [2.05, 4.69) is 10.00 Å². The summed E-state index contributed by atoms with van der Waals surface area (Å²) in [4.78, 5) is 14.3. The first-order chi connectivity index (χ1) is 9.70. The average Bonchev–Trinajstić information content (AvgIpc) is 2.49. The third kappa shape index (κ3) is 4.07. The molecule has 1 N–H and O–H groups in total. The Morgan fingerprint density at radius 1 is 1.35 bits per heavy atom. The molecule has 1 aliphatic rings. The molecule has 0 aliphatic carbocycles. The molecule has 1 saturated heterocycles. The Morgan fingerprint density at radius 2 is 2.10 bits per heavy atom. The quantitative estimate of drug-likeness (QED) is 0.862. The van der Waals surface area contributed by atoms with Crippen molar-refractivity contribution in [3.8, 4) is 0 Å². The summed E-state index contributed by atoms with van der Waals surface area (Å²) in [5, 5.41) is 13.8. The van der Waals surface area contributed by atoms with Crippen LogP contribution < -0.4 is 10.5 Å². The molecule has 1 unspecified atom stereocenters. The van der Waals surface area contributed by atoms with Gasteiger partial charge in [-0.1, -0.05) is 6.92 Å². The first-order valence-electron chi connectivity index (χ1n) is 7.71.